The first-order valence-electron chi connectivity index (χ1n) is 21.2. The molecule has 0 saturated carbocycles. The lowest BCUT2D eigenvalue weighted by molar-refractivity contribution is 0.590. The summed E-state index contributed by atoms with van der Waals surface area (Å²) in [7, 11) is 0. The number of hydrogen-bond acceptors (Lipinski definition) is 5. The van der Waals surface area contributed by atoms with E-state index in [0.29, 0.717) is 17.5 Å². The van der Waals surface area contributed by atoms with Gasteiger partial charge in [-0.15, -0.1) is 0 Å². The Morgan fingerprint density at radius 3 is 1.11 bits per heavy atom. The summed E-state index contributed by atoms with van der Waals surface area (Å²) in [4.78, 5) is 26.2. The molecule has 7 heteroatoms. The summed E-state index contributed by atoms with van der Waals surface area (Å²) >= 11 is 0. The van der Waals surface area contributed by atoms with Gasteiger partial charge in [-0.05, 0) is 124 Å². The minimum atomic E-state index is 0.0110. The summed E-state index contributed by atoms with van der Waals surface area (Å²) in [5, 5.41) is 0. The highest BCUT2D eigenvalue weighted by Gasteiger charge is 2.21. The summed E-state index contributed by atoms with van der Waals surface area (Å²) in [6.07, 6.45) is 0. The fourth-order valence-corrected chi connectivity index (χ4v) is 8.59. The van der Waals surface area contributed by atoms with Crippen LogP contribution in [-0.2, 0) is 5.41 Å². The van der Waals surface area contributed by atoms with Gasteiger partial charge in [0.15, 0.2) is 17.5 Å². The van der Waals surface area contributed by atoms with Crippen molar-refractivity contribution in [3.63, 3.8) is 0 Å². The molecule has 0 unspecified atom stereocenters. The predicted octanol–water partition coefficient (Wildman–Crippen LogP) is 13.4. The molecular weight excluding hydrogens is 759 g/mol. The van der Waals surface area contributed by atoms with Crippen LogP contribution in [0.25, 0.3) is 90.4 Å². The molecule has 0 N–H and O–H groups in total. The molecule has 0 aliphatic heterocycles. The van der Waals surface area contributed by atoms with Gasteiger partial charge in [0.05, 0.1) is 22.1 Å². The third-order valence-electron chi connectivity index (χ3n) is 11.5. The first-order chi connectivity index (χ1) is 29.9. The minimum Gasteiger partial charge on any atom is -0.292 e. The van der Waals surface area contributed by atoms with E-state index in [1.807, 2.05) is 12.1 Å². The van der Waals surface area contributed by atoms with E-state index in [1.165, 1.54) is 27.8 Å². The maximum absolute atomic E-state index is 5.31. The maximum atomic E-state index is 5.31. The van der Waals surface area contributed by atoms with Gasteiger partial charge < -0.3 is 0 Å². The molecule has 0 fully saturated rings. The first kappa shape index (κ1) is 38.7. The van der Waals surface area contributed by atoms with Crippen LogP contribution in [0.4, 0.5) is 0 Å². The van der Waals surface area contributed by atoms with Crippen LogP contribution in [-0.4, -0.2) is 34.1 Å². The molecule has 0 atom stereocenters. The van der Waals surface area contributed by atoms with Crippen molar-refractivity contribution >= 4 is 22.1 Å². The van der Waals surface area contributed by atoms with Crippen LogP contribution in [0.1, 0.15) is 48.6 Å². The molecule has 302 valence electrons. The Morgan fingerprint density at radius 1 is 0.355 bits per heavy atom. The summed E-state index contributed by atoms with van der Waals surface area (Å²) in [6.45, 7) is 15.2. The normalized spacial score (nSPS) is 11.8. The number of rotatable bonds is 7. The highest BCUT2D eigenvalue weighted by Crippen LogP contribution is 2.36. The number of aromatic nitrogens is 7. The van der Waals surface area contributed by atoms with Crippen LogP contribution in [0.15, 0.2) is 158 Å². The Labute approximate surface area is 362 Å². The highest BCUT2D eigenvalue weighted by atomic mass is 15.1. The van der Waals surface area contributed by atoms with Gasteiger partial charge in [-0.3, -0.25) is 9.13 Å². The number of imidazole rings is 2. The number of aryl methyl sites for hydroxylation is 4. The SMILES string of the molecule is Cc1cc(C)cc(-c2nc3cc(-c4nc(-c5ccc(C(C)(C)C)cc5)nc(-c5ccc6c(c5)nc(-c5cc(C)cc(C)c5)n6-c5ccccc5)n4)ccc3n2-c2ccccc2)c1. The van der Waals surface area contributed by atoms with E-state index in [-0.39, 0.29) is 5.41 Å². The van der Waals surface area contributed by atoms with Crippen molar-refractivity contribution in [2.75, 3.05) is 0 Å². The quantitative estimate of drug-likeness (QED) is 0.160. The summed E-state index contributed by atoms with van der Waals surface area (Å²) in [5.74, 6) is 3.51. The fraction of sp³-hybridized carbons (Fsp3) is 0.145. The highest BCUT2D eigenvalue weighted by molar-refractivity contribution is 5.89. The second-order valence-corrected chi connectivity index (χ2v) is 17.5. The average Bonchev–Trinajstić information content (AvgIpc) is 3.85. The predicted molar refractivity (Wildman–Crippen MR) is 254 cm³/mol. The summed E-state index contributed by atoms with van der Waals surface area (Å²) < 4.78 is 4.48. The van der Waals surface area contributed by atoms with E-state index in [0.717, 1.165) is 72.9 Å². The molecule has 0 amide bonds. The maximum Gasteiger partial charge on any atom is 0.164 e. The molecule has 0 saturated heterocycles. The third kappa shape index (κ3) is 7.26. The Balaban J connectivity index is 1.16. The topological polar surface area (TPSA) is 74.3 Å². The van der Waals surface area contributed by atoms with Gasteiger partial charge in [-0.1, -0.05) is 116 Å². The molecule has 7 nitrogen and oxygen atoms in total. The lowest BCUT2D eigenvalue weighted by Gasteiger charge is -2.19. The standard InChI is InChI=1S/C55H47N7/c1-34-26-35(2)29-41(28-34)53-56-46-32-39(20-24-48(46)61(53)44-14-10-8-11-15-44)51-58-50(38-18-22-43(23-19-38)55(5,6)7)59-52(60-51)40-21-25-49-47(33-40)57-54(42-30-36(3)27-37(4)31-42)62(49)45-16-12-9-13-17-45/h8-33H,1-7H3. The van der Waals surface area contributed by atoms with Gasteiger partial charge in [0, 0.05) is 39.2 Å². The average molecular weight is 806 g/mol. The van der Waals surface area contributed by atoms with Gasteiger partial charge in [-0.25, -0.2) is 24.9 Å². The largest absolute Gasteiger partial charge is 0.292 e. The van der Waals surface area contributed by atoms with Crippen LogP contribution in [0.5, 0.6) is 0 Å². The van der Waals surface area contributed by atoms with Gasteiger partial charge in [-0.2, -0.15) is 0 Å². The van der Waals surface area contributed by atoms with Crippen molar-refractivity contribution in [2.24, 2.45) is 0 Å². The zero-order chi connectivity index (χ0) is 42.7. The van der Waals surface area contributed by atoms with Gasteiger partial charge in [0.1, 0.15) is 11.6 Å². The third-order valence-corrected chi connectivity index (χ3v) is 11.5. The number of fused-ring (bicyclic) bond motifs is 2. The second-order valence-electron chi connectivity index (χ2n) is 17.5. The Kier molecular flexibility index (Phi) is 9.48. The molecule has 3 heterocycles. The van der Waals surface area contributed by atoms with Crippen molar-refractivity contribution in [1.29, 1.82) is 0 Å². The van der Waals surface area contributed by atoms with Gasteiger partial charge in [0.2, 0.25) is 0 Å². The fourth-order valence-electron chi connectivity index (χ4n) is 8.59. The van der Waals surface area contributed by atoms with Gasteiger partial charge in [0.25, 0.3) is 0 Å². The molecule has 10 aromatic rings. The smallest absolute Gasteiger partial charge is 0.164 e. The van der Waals surface area contributed by atoms with Crippen LogP contribution in [0.2, 0.25) is 0 Å². The molecule has 0 aliphatic carbocycles. The molecule has 0 radical (unpaired) electrons. The second kappa shape index (κ2) is 15.2. The van der Waals surface area contributed by atoms with Crippen molar-refractivity contribution in [2.45, 2.75) is 53.9 Å². The van der Waals surface area contributed by atoms with E-state index in [4.69, 9.17) is 24.9 Å². The van der Waals surface area contributed by atoms with Crippen LogP contribution >= 0.6 is 0 Å². The number of hydrogen-bond donors (Lipinski definition) is 0. The lowest BCUT2D eigenvalue weighted by atomic mass is 9.87. The van der Waals surface area contributed by atoms with E-state index in [2.05, 4.69) is 203 Å². The zero-order valence-corrected chi connectivity index (χ0v) is 36.1. The lowest BCUT2D eigenvalue weighted by Crippen LogP contribution is -2.10. The molecule has 3 aromatic heterocycles. The molecule has 7 aromatic carbocycles. The molecule has 0 spiro atoms. The van der Waals surface area contributed by atoms with Crippen molar-refractivity contribution in [3.8, 4) is 68.3 Å². The molecule has 10 rings (SSSR count). The van der Waals surface area contributed by atoms with E-state index in [9.17, 15) is 0 Å². The minimum absolute atomic E-state index is 0.0110. The van der Waals surface area contributed by atoms with Crippen LogP contribution < -0.4 is 0 Å². The summed E-state index contributed by atoms with van der Waals surface area (Å²) in [5.41, 5.74) is 16.6. The summed E-state index contributed by atoms with van der Waals surface area (Å²) in [6, 6.07) is 55.3. The number of nitrogens with zero attached hydrogens (tertiary/aromatic N) is 7. The van der Waals surface area contributed by atoms with Crippen molar-refractivity contribution in [1.82, 2.24) is 34.1 Å². The van der Waals surface area contributed by atoms with E-state index < -0.39 is 0 Å². The number of para-hydroxylation sites is 2. The van der Waals surface area contributed by atoms with Crippen LogP contribution in [0, 0.1) is 27.7 Å². The monoisotopic (exact) mass is 805 g/mol. The number of benzene rings is 7. The first-order valence-corrected chi connectivity index (χ1v) is 21.2. The molecular formula is C55H47N7. The van der Waals surface area contributed by atoms with Crippen LogP contribution in [0.3, 0.4) is 0 Å². The zero-order valence-electron chi connectivity index (χ0n) is 36.1. The van der Waals surface area contributed by atoms with Crippen molar-refractivity contribution < 1.29 is 0 Å². The Bertz CT molecular complexity index is 3070. The van der Waals surface area contributed by atoms with E-state index in [1.54, 1.807) is 0 Å². The Hall–Kier alpha value is -7.51. The van der Waals surface area contributed by atoms with E-state index >= 15 is 0 Å². The molecule has 0 bridgehead atoms. The molecule has 62 heavy (non-hydrogen) atoms. The molecule has 0 aliphatic rings. The Morgan fingerprint density at radius 2 is 0.726 bits per heavy atom. The van der Waals surface area contributed by atoms with Gasteiger partial charge >= 0.3 is 0 Å². The van der Waals surface area contributed by atoms with Crippen molar-refractivity contribution in [3.05, 3.63) is 186 Å².